The van der Waals surface area contributed by atoms with Gasteiger partial charge in [-0.2, -0.15) is 0 Å². The Hall–Kier alpha value is -17.3. The van der Waals surface area contributed by atoms with Gasteiger partial charge in [0.2, 0.25) is 17.1 Å². The molecule has 0 spiro atoms. The summed E-state index contributed by atoms with van der Waals surface area (Å²) < 4.78 is 32.7. The third kappa shape index (κ3) is 13.4. The molecule has 0 saturated carbocycles. The average Bonchev–Trinajstić information content (AvgIpc) is 1.56. The van der Waals surface area contributed by atoms with E-state index >= 15 is 0 Å². The van der Waals surface area contributed by atoms with Gasteiger partial charge in [-0.25, -0.2) is 0 Å². The molecule has 7 aromatic heterocycles. The van der Waals surface area contributed by atoms with Crippen molar-refractivity contribution in [2.24, 2.45) is 0 Å². The molecule has 0 fully saturated rings. The lowest BCUT2D eigenvalue weighted by molar-refractivity contribution is 0.657. The van der Waals surface area contributed by atoms with E-state index in [9.17, 15) is 0 Å². The van der Waals surface area contributed by atoms with Crippen molar-refractivity contribution in [3.63, 3.8) is 0 Å². The third-order valence-corrected chi connectivity index (χ3v) is 24.8. The summed E-state index contributed by atoms with van der Waals surface area (Å²) in [6, 6.07) is 166. The normalized spacial score (nSPS) is 11.5. The molecule has 0 amide bonds. The first-order valence-corrected chi connectivity index (χ1v) is 43.3. The first-order valence-electron chi connectivity index (χ1n) is 43.3. The lowest BCUT2D eigenvalue weighted by Gasteiger charge is -2.27. The molecular formula is C119H82N6O4. The summed E-state index contributed by atoms with van der Waals surface area (Å²) in [6.07, 6.45) is 0. The fourth-order valence-corrected chi connectivity index (χ4v) is 18.9. The van der Waals surface area contributed by atoms with E-state index in [1.807, 2.05) is 60.7 Å². The van der Waals surface area contributed by atoms with Crippen LogP contribution in [0.4, 0.5) is 51.2 Å². The molecule has 26 rings (SSSR count). The van der Waals surface area contributed by atoms with Crippen molar-refractivity contribution in [1.82, 2.24) is 13.2 Å². The first kappa shape index (κ1) is 76.5. The van der Waals surface area contributed by atoms with E-state index in [2.05, 4.69) is 440 Å². The molecule has 0 aliphatic carbocycles. The summed E-state index contributed by atoms with van der Waals surface area (Å²) in [5.41, 5.74) is 34.7. The Morgan fingerprint density at radius 3 is 1.09 bits per heavy atom. The van der Waals surface area contributed by atoms with Gasteiger partial charge in [-0.1, -0.05) is 317 Å². The zero-order valence-corrected chi connectivity index (χ0v) is 69.3. The predicted molar refractivity (Wildman–Crippen MR) is 537 cm³/mol. The van der Waals surface area contributed by atoms with E-state index < -0.39 is 0 Å². The summed E-state index contributed by atoms with van der Waals surface area (Å²) in [5.74, 6) is 0. The summed E-state index contributed by atoms with van der Waals surface area (Å²) in [7, 11) is 0. The number of benzene rings is 19. The van der Waals surface area contributed by atoms with Gasteiger partial charge in [-0.05, 0) is 208 Å². The molecule has 0 bridgehead atoms. The molecule has 612 valence electrons. The van der Waals surface area contributed by atoms with Crippen molar-refractivity contribution in [3.05, 3.63) is 473 Å². The van der Waals surface area contributed by atoms with Crippen LogP contribution in [0.2, 0.25) is 0 Å². The fourth-order valence-electron chi connectivity index (χ4n) is 18.9. The molecule has 26 aromatic rings. The van der Waals surface area contributed by atoms with Gasteiger partial charge in [0.25, 0.3) is 0 Å². The SMILES string of the molecule is C.c1ccc(-c2c3cc(-c4ccc(N(c5ccccc5)c5cccc6ccccc56)cc4)ccc3n3c2oc2ccccc23)cc1.c1ccc(-c2ccc3c(c2)c(N(c2ccccc2)c2ccc(-c4cccc5c4oc4ccccc45)cc2)c2oc4ccccc4n23)cc1.c1ccc(N(c2ccccc2)c2ccc(-c3c4ccccc4n4c3oc3ccccc34)cc2)cc1. The minimum absolute atomic E-state index is 0. The Bertz CT molecular complexity index is 8570. The van der Waals surface area contributed by atoms with Crippen LogP contribution < -0.4 is 14.7 Å². The molecule has 0 aliphatic heterocycles. The molecule has 0 radical (unpaired) electrons. The Kier molecular flexibility index (Phi) is 19.2. The minimum atomic E-state index is 0. The van der Waals surface area contributed by atoms with Gasteiger partial charge in [0.15, 0.2) is 16.7 Å². The van der Waals surface area contributed by atoms with Gasteiger partial charge in [0.05, 0.1) is 49.9 Å². The van der Waals surface area contributed by atoms with Gasteiger partial charge in [0.1, 0.15) is 16.9 Å². The van der Waals surface area contributed by atoms with Crippen LogP contribution in [0.15, 0.2) is 491 Å². The molecule has 7 heterocycles. The number of para-hydroxylation sites is 13. The van der Waals surface area contributed by atoms with Gasteiger partial charge >= 0.3 is 0 Å². The summed E-state index contributed by atoms with van der Waals surface area (Å²) in [6.45, 7) is 0. The van der Waals surface area contributed by atoms with E-state index in [1.54, 1.807) is 0 Å². The second-order valence-electron chi connectivity index (χ2n) is 32.2. The standard InChI is InChI=1S/C44H28N2O2.C42H28N2O.C32H22N2O.CH4/c1-3-12-29(13-4-1)31-24-27-38-37(28-31)42(44-46(38)39-19-8-10-21-41(39)48-44)45(32-14-5-2-6-15-32)33-25-22-30(23-26-33)34-17-11-18-36-35-16-7-9-20-40(35)47-43(34)36;1-3-13-31(14-4-1)41-36-28-32(24-27-38(36)44-39-19-9-10-21-40(39)45-42(41)44)29-22-25-34(26-23-29)43(33-16-5-2-6-17-33)37-20-11-15-30-12-7-8-18-35(30)37;1-3-11-24(12-4-1)33(25-13-5-2-6-14-25)26-21-19-23(20-22-26)31-27-15-7-8-16-28(27)34-29-17-9-10-18-30(29)35-32(31)34;/h1-28H;1-28H;1-22H;1H4. The molecule has 0 aliphatic rings. The minimum Gasteiger partial charge on any atom is -0.455 e. The van der Waals surface area contributed by atoms with Crippen LogP contribution in [0.1, 0.15) is 7.43 Å². The first-order chi connectivity index (χ1) is 63.5. The van der Waals surface area contributed by atoms with Crippen molar-refractivity contribution in [3.8, 4) is 55.6 Å². The summed E-state index contributed by atoms with van der Waals surface area (Å²) in [5, 5.41) is 8.17. The third-order valence-electron chi connectivity index (χ3n) is 24.8. The number of fused-ring (bicyclic) bond motifs is 19. The largest absolute Gasteiger partial charge is 0.455 e. The van der Waals surface area contributed by atoms with Crippen LogP contribution >= 0.6 is 0 Å². The topological polar surface area (TPSA) is 75.5 Å². The molecule has 10 nitrogen and oxygen atoms in total. The van der Waals surface area contributed by atoms with Crippen LogP contribution in [-0.2, 0) is 0 Å². The highest BCUT2D eigenvalue weighted by Gasteiger charge is 2.29. The summed E-state index contributed by atoms with van der Waals surface area (Å²) in [4.78, 5) is 6.94. The van der Waals surface area contributed by atoms with Crippen LogP contribution in [0.3, 0.4) is 0 Å². The van der Waals surface area contributed by atoms with Crippen molar-refractivity contribution >= 4 is 167 Å². The number of oxazole rings is 3. The number of rotatable bonds is 14. The summed E-state index contributed by atoms with van der Waals surface area (Å²) >= 11 is 0. The molecule has 0 atom stereocenters. The second-order valence-corrected chi connectivity index (χ2v) is 32.2. The quantitative estimate of drug-likeness (QED) is 0.107. The fraction of sp³-hybridized carbons (Fsp3) is 0.00840. The number of nitrogens with zero attached hydrogens (tertiary/aromatic N) is 6. The van der Waals surface area contributed by atoms with E-state index in [1.165, 1.54) is 38.2 Å². The molecule has 10 heteroatoms. The Labute approximate surface area is 744 Å². The molecule has 0 saturated heterocycles. The second kappa shape index (κ2) is 32.4. The number of hydrogen-bond acceptors (Lipinski definition) is 7. The van der Waals surface area contributed by atoms with Crippen LogP contribution in [-0.4, -0.2) is 13.2 Å². The van der Waals surface area contributed by atoms with E-state index in [-0.39, 0.29) is 7.43 Å². The maximum atomic E-state index is 6.72. The lowest BCUT2D eigenvalue weighted by Crippen LogP contribution is -2.10. The van der Waals surface area contributed by atoms with Gasteiger partial charge < -0.3 is 32.4 Å². The molecule has 19 aromatic carbocycles. The highest BCUT2D eigenvalue weighted by Crippen LogP contribution is 2.50. The van der Waals surface area contributed by atoms with E-state index in [0.29, 0.717) is 0 Å². The Balaban J connectivity index is 0.000000111. The average molecular weight is 1660 g/mol. The predicted octanol–water partition coefficient (Wildman–Crippen LogP) is 33.9. The smallest absolute Gasteiger partial charge is 0.230 e. The Morgan fingerprint density at radius 2 is 0.527 bits per heavy atom. The molecule has 129 heavy (non-hydrogen) atoms. The van der Waals surface area contributed by atoms with E-state index in [4.69, 9.17) is 17.7 Å². The van der Waals surface area contributed by atoms with Crippen LogP contribution in [0, 0.1) is 0 Å². The van der Waals surface area contributed by atoms with Crippen molar-refractivity contribution in [2.45, 2.75) is 7.43 Å². The van der Waals surface area contributed by atoms with Gasteiger partial charge in [-0.15, -0.1) is 0 Å². The maximum absolute atomic E-state index is 6.72. The lowest BCUT2D eigenvalue weighted by atomic mass is 9.99. The molecule has 0 N–H and O–H groups in total. The highest BCUT2D eigenvalue weighted by atomic mass is 16.4. The molecular weight excluding hydrogens is 1580 g/mol. The van der Waals surface area contributed by atoms with E-state index in [0.717, 1.165) is 184 Å². The monoisotopic (exact) mass is 1660 g/mol. The number of hydrogen-bond donors (Lipinski definition) is 0. The van der Waals surface area contributed by atoms with Crippen molar-refractivity contribution in [1.29, 1.82) is 0 Å². The number of anilines is 9. The number of aromatic nitrogens is 3. The molecule has 0 unspecified atom stereocenters. The van der Waals surface area contributed by atoms with Gasteiger partial charge in [0, 0.05) is 77.7 Å². The van der Waals surface area contributed by atoms with Crippen molar-refractivity contribution in [2.75, 3.05) is 14.7 Å². The zero-order valence-electron chi connectivity index (χ0n) is 69.3. The Morgan fingerprint density at radius 1 is 0.186 bits per heavy atom. The van der Waals surface area contributed by atoms with Gasteiger partial charge in [-0.3, -0.25) is 13.2 Å². The number of furan rings is 1. The van der Waals surface area contributed by atoms with Crippen LogP contribution in [0.25, 0.3) is 171 Å². The maximum Gasteiger partial charge on any atom is 0.230 e. The highest BCUT2D eigenvalue weighted by molar-refractivity contribution is 6.14. The van der Waals surface area contributed by atoms with Crippen molar-refractivity contribution < 1.29 is 17.7 Å². The van der Waals surface area contributed by atoms with Crippen LogP contribution in [0.5, 0.6) is 0 Å². The zero-order chi connectivity index (χ0) is 84.5.